The second kappa shape index (κ2) is 13.0. The van der Waals surface area contributed by atoms with Crippen LogP contribution in [0.1, 0.15) is 19.3 Å². The van der Waals surface area contributed by atoms with Crippen LogP contribution in [0.5, 0.6) is 0 Å². The molecule has 0 saturated carbocycles. The Labute approximate surface area is 145 Å². The monoisotopic (exact) mass is 407 g/mol. The van der Waals surface area contributed by atoms with Gasteiger partial charge in [-0.25, -0.2) is 0 Å². The number of aliphatic hydroxyl groups is 4. The quantitative estimate of drug-likeness (QED) is 0.156. The van der Waals surface area contributed by atoms with Crippen molar-refractivity contribution < 1.29 is 35.1 Å². The van der Waals surface area contributed by atoms with Gasteiger partial charge in [0.05, 0.1) is 12.6 Å². The number of carboxylic acid groups (broad SMARTS) is 1. The van der Waals surface area contributed by atoms with Crippen molar-refractivity contribution >= 4 is 23.0 Å². The molecule has 23 heavy (non-hydrogen) atoms. The summed E-state index contributed by atoms with van der Waals surface area (Å²) in [6.45, 7) is 0.133. The fourth-order valence-electron chi connectivity index (χ4n) is 1.75. The predicted octanol–water partition coefficient (Wildman–Crippen LogP) is -4.64. The number of hydrogen-bond donors (Lipinski definition) is 8. The van der Waals surface area contributed by atoms with Gasteiger partial charge in [-0.15, -0.1) is 0 Å². The molecule has 11 N–H and O–H groups in total. The Kier molecular flexibility index (Phi) is 14.1. The first-order valence-corrected chi connectivity index (χ1v) is 7.00. The van der Waals surface area contributed by atoms with Crippen molar-refractivity contribution in [3.8, 4) is 0 Å². The van der Waals surface area contributed by atoms with Crippen LogP contribution in [0.2, 0.25) is 0 Å². The van der Waals surface area contributed by atoms with Crippen LogP contribution in [0.4, 0.5) is 0 Å². The zero-order valence-electron chi connectivity index (χ0n) is 12.8. The number of ether oxygens (including phenoxy) is 1. The van der Waals surface area contributed by atoms with Gasteiger partial charge in [0.15, 0.2) is 6.29 Å². The Morgan fingerprint density at radius 3 is 2.17 bits per heavy atom. The van der Waals surface area contributed by atoms with E-state index in [1.807, 2.05) is 0 Å². The molecule has 1 saturated heterocycles. The Hall–Kier alpha value is -0.331. The molecule has 1 aliphatic heterocycles. The molecule has 1 fully saturated rings. The Morgan fingerprint density at radius 1 is 1.17 bits per heavy atom. The van der Waals surface area contributed by atoms with Crippen LogP contribution in [0.3, 0.4) is 0 Å². The van der Waals surface area contributed by atoms with Gasteiger partial charge in [0.25, 0.3) is 0 Å². The van der Waals surface area contributed by atoms with Gasteiger partial charge >= 0.3 is 23.0 Å². The second-order valence-corrected chi connectivity index (χ2v) is 5.04. The zero-order chi connectivity index (χ0) is 17.3. The van der Waals surface area contributed by atoms with Crippen molar-refractivity contribution in [3.05, 3.63) is 0 Å². The summed E-state index contributed by atoms with van der Waals surface area (Å²) in [5.41, 5.74) is 15.7. The number of carboxylic acids is 1. The number of carbonyl (C=O) groups is 1. The molecule has 1 rings (SSSR count). The summed E-state index contributed by atoms with van der Waals surface area (Å²) in [6.07, 6.45) is -2.69. The molecule has 1 heterocycles. The first-order chi connectivity index (χ1) is 10.3. The first-order valence-electron chi connectivity index (χ1n) is 7.00. The minimum absolute atomic E-state index is 0. The summed E-state index contributed by atoms with van der Waals surface area (Å²) in [7, 11) is 0. The van der Waals surface area contributed by atoms with Gasteiger partial charge in [-0.3, -0.25) is 4.79 Å². The van der Waals surface area contributed by atoms with Gasteiger partial charge in [0.2, 0.25) is 0 Å². The van der Waals surface area contributed by atoms with Crippen LogP contribution in [0.25, 0.3) is 0 Å². The molecule has 0 aromatic rings. The van der Waals surface area contributed by atoms with E-state index in [4.69, 9.17) is 37.3 Å². The molecule has 2 unspecified atom stereocenters. The summed E-state index contributed by atoms with van der Waals surface area (Å²) >= 11 is 0. The van der Waals surface area contributed by atoms with E-state index in [1.54, 1.807) is 0 Å². The van der Waals surface area contributed by atoms with Crippen LogP contribution in [-0.2, 0) is 9.53 Å². The molecule has 0 bridgehead atoms. The van der Waals surface area contributed by atoms with Gasteiger partial charge in [-0.05, 0) is 19.4 Å². The van der Waals surface area contributed by atoms with E-state index in [2.05, 4.69) is 0 Å². The van der Waals surface area contributed by atoms with Gasteiger partial charge < -0.3 is 47.5 Å². The Bertz CT molecular complexity index is 322. The molecule has 6 atom stereocenters. The number of aliphatic carboxylic acids is 1. The van der Waals surface area contributed by atoms with Gasteiger partial charge in [-0.2, -0.15) is 0 Å². The average molecular weight is 406 g/mol. The molecule has 0 aromatic carbocycles. The van der Waals surface area contributed by atoms with E-state index in [0.29, 0.717) is 13.0 Å². The van der Waals surface area contributed by atoms with E-state index >= 15 is 0 Å². The molecular formula is C12H29N3O7Se. The van der Waals surface area contributed by atoms with Crippen LogP contribution >= 0.6 is 0 Å². The maximum atomic E-state index is 10.1. The standard InChI is InChI=1S/C6H14N2O2.C6H13NO5.H2Se/c7-4-2-1-3-5(8)6(9)10;7-3-5(10)4(9)2(1-8)12-6(3)11;/h5H,1-4,7-8H2,(H,9,10);2-6,8-11H,1,7H2;1H2/t;2-,3-,4-,5-,6?;/m.1./s1. The molecule has 0 aliphatic carbocycles. The molecule has 0 radical (unpaired) electrons. The van der Waals surface area contributed by atoms with Crippen LogP contribution in [0.15, 0.2) is 0 Å². The van der Waals surface area contributed by atoms with Crippen molar-refractivity contribution in [1.82, 2.24) is 0 Å². The Balaban J connectivity index is 0. The topological polar surface area (TPSA) is 206 Å². The van der Waals surface area contributed by atoms with Crippen LogP contribution < -0.4 is 17.2 Å². The molecule has 11 heteroatoms. The summed E-state index contributed by atoms with van der Waals surface area (Å²) in [5.74, 6) is -0.933. The van der Waals surface area contributed by atoms with E-state index in [9.17, 15) is 15.0 Å². The van der Waals surface area contributed by atoms with Crippen LogP contribution in [-0.4, -0.2) is 98.4 Å². The van der Waals surface area contributed by atoms with Crippen molar-refractivity contribution in [2.45, 2.75) is 55.9 Å². The maximum absolute atomic E-state index is 10.1. The summed E-state index contributed by atoms with van der Waals surface area (Å²) < 4.78 is 4.70. The first kappa shape index (κ1) is 24.9. The van der Waals surface area contributed by atoms with E-state index in [0.717, 1.165) is 12.8 Å². The fourth-order valence-corrected chi connectivity index (χ4v) is 1.75. The van der Waals surface area contributed by atoms with Crippen molar-refractivity contribution in [2.24, 2.45) is 17.2 Å². The van der Waals surface area contributed by atoms with E-state index in [1.165, 1.54) is 0 Å². The third-order valence-electron chi connectivity index (χ3n) is 3.24. The summed E-state index contributed by atoms with van der Waals surface area (Å²) in [6, 6.07) is -1.76. The summed E-state index contributed by atoms with van der Waals surface area (Å²) in [4.78, 5) is 10.1. The average Bonchev–Trinajstić information content (AvgIpc) is 2.49. The van der Waals surface area contributed by atoms with Crippen molar-refractivity contribution in [1.29, 1.82) is 0 Å². The van der Waals surface area contributed by atoms with Gasteiger partial charge in [0.1, 0.15) is 24.4 Å². The molecule has 0 amide bonds. The number of hydrogen-bond acceptors (Lipinski definition) is 9. The Morgan fingerprint density at radius 2 is 1.74 bits per heavy atom. The minimum atomic E-state index is -1.35. The molecular weight excluding hydrogens is 377 g/mol. The number of rotatable bonds is 6. The summed E-state index contributed by atoms with van der Waals surface area (Å²) in [5, 5.41) is 44.4. The zero-order valence-corrected chi connectivity index (χ0v) is 14.9. The van der Waals surface area contributed by atoms with Gasteiger partial charge in [0, 0.05) is 0 Å². The van der Waals surface area contributed by atoms with Crippen molar-refractivity contribution in [2.75, 3.05) is 13.2 Å². The number of nitrogens with two attached hydrogens (primary N) is 3. The third-order valence-corrected chi connectivity index (χ3v) is 3.24. The molecule has 140 valence electrons. The number of unbranched alkanes of at least 4 members (excludes halogenated alkanes) is 1. The number of aliphatic hydroxyl groups excluding tert-OH is 4. The van der Waals surface area contributed by atoms with Crippen LogP contribution in [0, 0.1) is 0 Å². The van der Waals surface area contributed by atoms with Crippen molar-refractivity contribution in [3.63, 3.8) is 0 Å². The molecule has 1 aliphatic rings. The fraction of sp³-hybridized carbons (Fsp3) is 0.917. The third kappa shape index (κ3) is 8.91. The van der Waals surface area contributed by atoms with E-state index < -0.39 is 49.3 Å². The molecule has 0 aromatic heterocycles. The van der Waals surface area contributed by atoms with Gasteiger partial charge in [-0.1, -0.05) is 6.42 Å². The SMILES string of the molecule is NCCCCC(N)C(=O)O.N[C@H]1C(O)O[C@H](CO)[C@@H](O)[C@@H]1O.[SeH2]. The molecule has 10 nitrogen and oxygen atoms in total. The second-order valence-electron chi connectivity index (χ2n) is 5.04. The van der Waals surface area contributed by atoms with E-state index in [-0.39, 0.29) is 17.1 Å². The predicted molar refractivity (Wildman–Crippen MR) is 85.0 cm³/mol. The normalized spacial score (nSPS) is 31.3. The molecule has 0 spiro atoms.